The van der Waals surface area contributed by atoms with Gasteiger partial charge in [0.05, 0.1) is 4.88 Å². The molecule has 9 heteroatoms. The molecule has 0 fully saturated rings. The number of carbonyl (C=O) groups is 1. The summed E-state index contributed by atoms with van der Waals surface area (Å²) in [4.78, 5) is 28.6. The van der Waals surface area contributed by atoms with Gasteiger partial charge in [0.2, 0.25) is 17.8 Å². The monoisotopic (exact) mass is 437 g/mol. The number of fused-ring (bicyclic) bond motifs is 1. The van der Waals surface area contributed by atoms with E-state index in [0.717, 1.165) is 15.0 Å². The molecule has 31 heavy (non-hydrogen) atoms. The van der Waals surface area contributed by atoms with Gasteiger partial charge in [0.15, 0.2) is 0 Å². The van der Waals surface area contributed by atoms with E-state index in [-0.39, 0.29) is 5.91 Å². The second kappa shape index (κ2) is 11.1. The van der Waals surface area contributed by atoms with Gasteiger partial charge in [0.25, 0.3) is 5.91 Å². The van der Waals surface area contributed by atoms with Gasteiger partial charge in [-0.3, -0.25) is 4.79 Å². The van der Waals surface area contributed by atoms with Crippen LogP contribution in [0.2, 0.25) is 0 Å². The van der Waals surface area contributed by atoms with Gasteiger partial charge in [-0.15, -0.1) is 24.5 Å². The normalized spacial score (nSPS) is 10.5. The molecule has 1 aromatic carbocycles. The number of thiophene rings is 1. The summed E-state index contributed by atoms with van der Waals surface area (Å²) in [5.74, 6) is 1.34. The van der Waals surface area contributed by atoms with Crippen molar-refractivity contribution in [2.24, 2.45) is 0 Å². The smallest absolute Gasteiger partial charge is 0.264 e. The molecule has 0 unspecified atom stereocenters. The molecule has 0 saturated heterocycles. The first kappa shape index (κ1) is 22.2. The van der Waals surface area contributed by atoms with Gasteiger partial charge in [0.1, 0.15) is 0 Å². The van der Waals surface area contributed by atoms with Crippen molar-refractivity contribution < 1.29 is 4.79 Å². The Morgan fingerprint density at radius 1 is 1.03 bits per heavy atom. The van der Waals surface area contributed by atoms with Crippen LogP contribution in [0.4, 0.5) is 17.8 Å². The third-order valence-electron chi connectivity index (χ3n) is 4.41. The lowest BCUT2D eigenvalue weighted by atomic mass is 10.2. The minimum Gasteiger partial charge on any atom is -0.352 e. The molecule has 1 amide bonds. The fraction of sp³-hybridized carbons (Fsp3) is 0.273. The van der Waals surface area contributed by atoms with Crippen LogP contribution in [0, 0.1) is 0 Å². The lowest BCUT2D eigenvalue weighted by Gasteiger charge is -2.20. The van der Waals surface area contributed by atoms with Crippen molar-refractivity contribution in [3.05, 3.63) is 60.5 Å². The summed E-state index contributed by atoms with van der Waals surface area (Å²) in [5, 5.41) is 10.4. The first-order valence-electron chi connectivity index (χ1n) is 10.1. The molecule has 162 valence electrons. The predicted octanol–water partition coefficient (Wildman–Crippen LogP) is 3.86. The fourth-order valence-electron chi connectivity index (χ4n) is 2.89. The predicted molar refractivity (Wildman–Crippen MR) is 129 cm³/mol. The van der Waals surface area contributed by atoms with Crippen LogP contribution in [0.25, 0.3) is 10.1 Å². The van der Waals surface area contributed by atoms with Crippen LogP contribution in [0.3, 0.4) is 0 Å². The van der Waals surface area contributed by atoms with Crippen LogP contribution in [0.5, 0.6) is 0 Å². The van der Waals surface area contributed by atoms with Gasteiger partial charge >= 0.3 is 0 Å². The summed E-state index contributed by atoms with van der Waals surface area (Å²) in [5.41, 5.74) is 0. The molecule has 0 aliphatic heterocycles. The van der Waals surface area contributed by atoms with Gasteiger partial charge in [-0.1, -0.05) is 30.4 Å². The van der Waals surface area contributed by atoms with Gasteiger partial charge in [-0.2, -0.15) is 15.0 Å². The molecule has 3 aromatic rings. The summed E-state index contributed by atoms with van der Waals surface area (Å²) in [6.07, 6.45) is 3.46. The maximum absolute atomic E-state index is 13.0. The molecule has 0 atom stereocenters. The first-order valence-corrected chi connectivity index (χ1v) is 10.9. The van der Waals surface area contributed by atoms with Crippen LogP contribution in [0.1, 0.15) is 16.6 Å². The zero-order chi connectivity index (χ0) is 22.1. The number of aromatic nitrogens is 3. The molecular formula is C22H27N7OS. The molecule has 8 nitrogen and oxygen atoms in total. The molecule has 0 saturated carbocycles. The number of nitrogens with one attached hydrogen (secondary N) is 3. The van der Waals surface area contributed by atoms with Crippen molar-refractivity contribution in [1.29, 1.82) is 0 Å². The number of nitrogens with zero attached hydrogens (tertiary/aromatic N) is 4. The van der Waals surface area contributed by atoms with Gasteiger partial charge in [-0.25, -0.2) is 0 Å². The Hall–Kier alpha value is -3.46. The average Bonchev–Trinajstić information content (AvgIpc) is 3.23. The summed E-state index contributed by atoms with van der Waals surface area (Å²) < 4.78 is 1.12. The van der Waals surface area contributed by atoms with Gasteiger partial charge in [0, 0.05) is 37.4 Å². The maximum Gasteiger partial charge on any atom is 0.264 e. The summed E-state index contributed by atoms with van der Waals surface area (Å²) in [6, 6.07) is 9.98. The van der Waals surface area contributed by atoms with Crippen molar-refractivity contribution in [1.82, 2.24) is 19.9 Å². The Balaban J connectivity index is 1.64. The number of hydrogen-bond acceptors (Lipinski definition) is 8. The van der Waals surface area contributed by atoms with E-state index in [1.165, 1.54) is 11.3 Å². The number of benzene rings is 1. The standard InChI is InChI=1S/C22H27N7OS/c1-4-11-23-20-26-21(24-12-5-2)28-22(27-20)25-13-14-29(6-3)19(30)18-15-16-9-7-8-10-17(16)31-18/h4-5,7-10,15H,1-2,6,11-14H2,3H3,(H3,23,24,25,26,27,28). The number of rotatable bonds is 12. The minimum absolute atomic E-state index is 0.0304. The highest BCUT2D eigenvalue weighted by Gasteiger charge is 2.17. The Labute approximate surface area is 186 Å². The van der Waals surface area contributed by atoms with Crippen LogP contribution in [0.15, 0.2) is 55.6 Å². The van der Waals surface area contributed by atoms with Crippen molar-refractivity contribution in [3.8, 4) is 0 Å². The summed E-state index contributed by atoms with van der Waals surface area (Å²) in [7, 11) is 0. The molecule has 0 aliphatic rings. The van der Waals surface area contributed by atoms with E-state index >= 15 is 0 Å². The van der Waals surface area contributed by atoms with Crippen molar-refractivity contribution in [3.63, 3.8) is 0 Å². The quantitative estimate of drug-likeness (QED) is 0.370. The number of hydrogen-bond donors (Lipinski definition) is 3. The average molecular weight is 438 g/mol. The van der Waals surface area contributed by atoms with Crippen molar-refractivity contribution in [2.75, 3.05) is 48.7 Å². The molecule has 0 aliphatic carbocycles. The Bertz CT molecular complexity index is 986. The molecule has 2 heterocycles. The summed E-state index contributed by atoms with van der Waals surface area (Å²) in [6.45, 7) is 12.1. The Kier molecular flexibility index (Phi) is 7.94. The number of anilines is 3. The Morgan fingerprint density at radius 2 is 1.65 bits per heavy atom. The van der Waals surface area contributed by atoms with Crippen LogP contribution >= 0.6 is 11.3 Å². The number of likely N-dealkylation sites (N-methyl/N-ethyl adjacent to an activating group) is 1. The third-order valence-corrected chi connectivity index (χ3v) is 5.52. The van der Waals surface area contributed by atoms with Crippen LogP contribution in [-0.4, -0.2) is 58.5 Å². The van der Waals surface area contributed by atoms with E-state index < -0.39 is 0 Å². The topological polar surface area (TPSA) is 95.1 Å². The highest BCUT2D eigenvalue weighted by atomic mass is 32.1. The third kappa shape index (κ3) is 6.02. The van der Waals surface area contributed by atoms with E-state index in [0.29, 0.717) is 50.6 Å². The van der Waals surface area contributed by atoms with E-state index in [1.807, 2.05) is 42.2 Å². The Morgan fingerprint density at radius 3 is 2.23 bits per heavy atom. The van der Waals surface area contributed by atoms with Crippen molar-refractivity contribution in [2.45, 2.75) is 6.92 Å². The van der Waals surface area contributed by atoms with Gasteiger partial charge in [-0.05, 0) is 24.4 Å². The first-order chi connectivity index (χ1) is 15.1. The summed E-state index contributed by atoms with van der Waals surface area (Å²) >= 11 is 1.52. The van der Waals surface area contributed by atoms with Gasteiger partial charge < -0.3 is 20.9 Å². The fourth-order valence-corrected chi connectivity index (χ4v) is 3.92. The molecule has 0 radical (unpaired) electrons. The van der Waals surface area contributed by atoms with E-state index in [4.69, 9.17) is 0 Å². The van der Waals surface area contributed by atoms with E-state index in [9.17, 15) is 4.79 Å². The highest BCUT2D eigenvalue weighted by molar-refractivity contribution is 7.20. The van der Waals surface area contributed by atoms with E-state index in [1.54, 1.807) is 12.2 Å². The van der Waals surface area contributed by atoms with Crippen LogP contribution in [-0.2, 0) is 0 Å². The largest absolute Gasteiger partial charge is 0.352 e. The van der Waals surface area contributed by atoms with Crippen LogP contribution < -0.4 is 16.0 Å². The molecule has 2 aromatic heterocycles. The number of carbonyl (C=O) groups excluding carboxylic acids is 1. The van der Waals surface area contributed by atoms with Crippen molar-refractivity contribution >= 4 is 45.2 Å². The SMILES string of the molecule is C=CCNc1nc(NCC=C)nc(NCCN(CC)C(=O)c2cc3ccccc3s2)n1. The lowest BCUT2D eigenvalue weighted by molar-refractivity contribution is 0.0775. The highest BCUT2D eigenvalue weighted by Crippen LogP contribution is 2.26. The molecule has 0 spiro atoms. The second-order valence-corrected chi connectivity index (χ2v) is 7.69. The minimum atomic E-state index is 0.0304. The molecule has 3 N–H and O–H groups in total. The zero-order valence-corrected chi connectivity index (χ0v) is 18.4. The lowest BCUT2D eigenvalue weighted by Crippen LogP contribution is -2.34. The molecular weight excluding hydrogens is 410 g/mol. The van der Waals surface area contributed by atoms with E-state index in [2.05, 4.69) is 44.1 Å². The molecule has 0 bridgehead atoms. The maximum atomic E-state index is 13.0. The zero-order valence-electron chi connectivity index (χ0n) is 17.6. The number of amides is 1. The molecule has 3 rings (SSSR count). The second-order valence-electron chi connectivity index (χ2n) is 6.61.